The van der Waals surface area contributed by atoms with Crippen LogP contribution in [0.1, 0.15) is 51.8 Å². The van der Waals surface area contributed by atoms with Crippen LogP contribution in [-0.4, -0.2) is 31.1 Å². The summed E-state index contributed by atoms with van der Waals surface area (Å²) in [4.78, 5) is 2.33. The van der Waals surface area contributed by atoms with Gasteiger partial charge in [-0.2, -0.15) is 0 Å². The molecule has 0 bridgehead atoms. The van der Waals surface area contributed by atoms with Gasteiger partial charge in [-0.05, 0) is 61.9 Å². The minimum Gasteiger partial charge on any atom is -0.466 e. The van der Waals surface area contributed by atoms with E-state index >= 15 is 0 Å². The summed E-state index contributed by atoms with van der Waals surface area (Å²) in [5, 5.41) is 3.67. The van der Waals surface area contributed by atoms with Crippen LogP contribution in [0.4, 0.5) is 0 Å². The van der Waals surface area contributed by atoms with Gasteiger partial charge in [0, 0.05) is 5.54 Å². The Morgan fingerprint density at radius 3 is 2.32 bits per heavy atom. The van der Waals surface area contributed by atoms with Crippen LogP contribution in [-0.2, 0) is 0 Å². The molecule has 0 amide bonds. The van der Waals surface area contributed by atoms with Gasteiger partial charge >= 0.3 is 0 Å². The van der Waals surface area contributed by atoms with E-state index in [0.29, 0.717) is 0 Å². The lowest BCUT2D eigenvalue weighted by Crippen LogP contribution is -2.53. The second kappa shape index (κ2) is 7.46. The van der Waals surface area contributed by atoms with Crippen molar-refractivity contribution in [3.8, 4) is 0 Å². The molecule has 0 aliphatic carbocycles. The zero-order valence-corrected chi connectivity index (χ0v) is 14.4. The van der Waals surface area contributed by atoms with E-state index in [9.17, 15) is 0 Å². The van der Waals surface area contributed by atoms with Crippen molar-refractivity contribution in [3.05, 3.63) is 22.6 Å². The summed E-state index contributed by atoms with van der Waals surface area (Å²) in [6, 6.07) is 2.17. The summed E-state index contributed by atoms with van der Waals surface area (Å²) in [6.45, 7) is 7.69. The average molecular weight is 331 g/mol. The average Bonchev–Trinajstić information content (AvgIpc) is 2.80. The second-order valence-corrected chi connectivity index (χ2v) is 6.08. The van der Waals surface area contributed by atoms with Gasteiger partial charge in [0.25, 0.3) is 0 Å². The van der Waals surface area contributed by atoms with Crippen LogP contribution in [0.3, 0.4) is 0 Å². The van der Waals surface area contributed by atoms with Crippen LogP contribution >= 0.6 is 15.9 Å². The highest BCUT2D eigenvalue weighted by Crippen LogP contribution is 2.39. The minimum absolute atomic E-state index is 0.0650. The van der Waals surface area contributed by atoms with Crippen LogP contribution in [0.25, 0.3) is 0 Å². The van der Waals surface area contributed by atoms with E-state index in [1.165, 1.54) is 0 Å². The van der Waals surface area contributed by atoms with Gasteiger partial charge < -0.3 is 14.6 Å². The molecule has 0 saturated heterocycles. The standard InChI is InChI=1S/C15H27BrN2O/c1-6-10-17-14(13-12(16)9-11-19-13)15(7-2,8-3)18(4)5/h9,11,14,17H,6-8,10H2,1-5H3. The lowest BCUT2D eigenvalue weighted by molar-refractivity contribution is 0.0774. The lowest BCUT2D eigenvalue weighted by Gasteiger charge is -2.44. The van der Waals surface area contributed by atoms with E-state index in [1.807, 2.05) is 6.07 Å². The van der Waals surface area contributed by atoms with Crippen molar-refractivity contribution in [1.82, 2.24) is 10.2 Å². The Morgan fingerprint density at radius 1 is 1.32 bits per heavy atom. The van der Waals surface area contributed by atoms with Gasteiger partial charge in [-0.1, -0.05) is 20.8 Å². The number of halogens is 1. The van der Waals surface area contributed by atoms with Crippen molar-refractivity contribution >= 4 is 15.9 Å². The van der Waals surface area contributed by atoms with Crippen molar-refractivity contribution < 1.29 is 4.42 Å². The highest BCUT2D eigenvalue weighted by molar-refractivity contribution is 9.10. The molecule has 0 saturated carbocycles. The molecule has 0 spiro atoms. The van der Waals surface area contributed by atoms with Crippen molar-refractivity contribution in [2.24, 2.45) is 0 Å². The zero-order valence-electron chi connectivity index (χ0n) is 12.8. The quantitative estimate of drug-likeness (QED) is 0.774. The zero-order chi connectivity index (χ0) is 14.5. The predicted octanol–water partition coefficient (Wildman–Crippen LogP) is 4.20. The predicted molar refractivity (Wildman–Crippen MR) is 84.4 cm³/mol. The maximum absolute atomic E-state index is 5.75. The first-order valence-electron chi connectivity index (χ1n) is 7.17. The van der Waals surface area contributed by atoms with Crippen LogP contribution in [0.15, 0.2) is 21.2 Å². The molecule has 0 aliphatic heterocycles. The molecule has 1 heterocycles. The van der Waals surface area contributed by atoms with E-state index in [-0.39, 0.29) is 11.6 Å². The van der Waals surface area contributed by atoms with E-state index in [4.69, 9.17) is 4.42 Å². The van der Waals surface area contributed by atoms with Crippen LogP contribution in [0.2, 0.25) is 0 Å². The topological polar surface area (TPSA) is 28.4 Å². The first-order chi connectivity index (χ1) is 9.03. The van der Waals surface area contributed by atoms with Gasteiger partial charge in [-0.25, -0.2) is 0 Å². The highest BCUT2D eigenvalue weighted by atomic mass is 79.9. The third kappa shape index (κ3) is 3.41. The molecule has 1 atom stereocenters. The number of hydrogen-bond donors (Lipinski definition) is 1. The maximum Gasteiger partial charge on any atom is 0.136 e. The number of nitrogens with one attached hydrogen (secondary N) is 1. The largest absolute Gasteiger partial charge is 0.466 e. The molecule has 0 aliphatic rings. The summed E-state index contributed by atoms with van der Waals surface area (Å²) in [5.74, 6) is 1.01. The van der Waals surface area contributed by atoms with Crippen LogP contribution in [0, 0.1) is 0 Å². The maximum atomic E-state index is 5.75. The molecule has 1 aromatic heterocycles. The minimum atomic E-state index is 0.0650. The number of likely N-dealkylation sites (N-methyl/N-ethyl adjacent to an activating group) is 1. The van der Waals surface area contributed by atoms with E-state index < -0.39 is 0 Å². The second-order valence-electron chi connectivity index (χ2n) is 5.23. The Labute approximate surface area is 125 Å². The van der Waals surface area contributed by atoms with Crippen LogP contribution in [0.5, 0.6) is 0 Å². The Kier molecular flexibility index (Phi) is 6.57. The summed E-state index contributed by atoms with van der Waals surface area (Å²) < 4.78 is 6.80. The number of rotatable bonds is 8. The molecule has 1 N–H and O–H groups in total. The molecular weight excluding hydrogens is 304 g/mol. The number of nitrogens with zero attached hydrogens (tertiary/aromatic N) is 1. The Bertz CT molecular complexity index is 372. The smallest absolute Gasteiger partial charge is 0.136 e. The van der Waals surface area contributed by atoms with Gasteiger partial charge in [-0.15, -0.1) is 0 Å². The first-order valence-corrected chi connectivity index (χ1v) is 7.96. The Balaban J connectivity index is 3.17. The van der Waals surface area contributed by atoms with E-state index in [0.717, 1.165) is 36.0 Å². The molecule has 0 fully saturated rings. The van der Waals surface area contributed by atoms with Crippen molar-refractivity contribution in [2.45, 2.75) is 51.6 Å². The molecule has 0 radical (unpaired) electrons. The third-order valence-electron chi connectivity index (χ3n) is 4.16. The number of hydrogen-bond acceptors (Lipinski definition) is 3. The molecule has 1 aromatic rings. The fourth-order valence-corrected chi connectivity index (χ4v) is 3.31. The molecule has 3 nitrogen and oxygen atoms in total. The summed E-state index contributed by atoms with van der Waals surface area (Å²) in [7, 11) is 4.31. The summed E-state index contributed by atoms with van der Waals surface area (Å²) in [5.41, 5.74) is 0.0650. The highest BCUT2D eigenvalue weighted by Gasteiger charge is 2.40. The molecule has 1 unspecified atom stereocenters. The fraction of sp³-hybridized carbons (Fsp3) is 0.733. The molecule has 1 rings (SSSR count). The van der Waals surface area contributed by atoms with Gasteiger partial charge in [0.05, 0.1) is 16.8 Å². The van der Waals surface area contributed by atoms with Crippen LogP contribution < -0.4 is 5.32 Å². The first kappa shape index (κ1) is 16.7. The van der Waals surface area contributed by atoms with Gasteiger partial charge in [0.15, 0.2) is 0 Å². The van der Waals surface area contributed by atoms with Gasteiger partial charge in [-0.3, -0.25) is 0 Å². The normalized spacial score (nSPS) is 14.1. The lowest BCUT2D eigenvalue weighted by atomic mass is 9.81. The van der Waals surface area contributed by atoms with Gasteiger partial charge in [0.1, 0.15) is 5.76 Å². The van der Waals surface area contributed by atoms with Crippen molar-refractivity contribution in [2.75, 3.05) is 20.6 Å². The Morgan fingerprint density at radius 2 is 1.95 bits per heavy atom. The monoisotopic (exact) mass is 330 g/mol. The molecule has 0 aromatic carbocycles. The van der Waals surface area contributed by atoms with Gasteiger partial charge in [0.2, 0.25) is 0 Å². The Hall–Kier alpha value is -0.320. The fourth-order valence-electron chi connectivity index (χ4n) is 2.88. The summed E-state index contributed by atoms with van der Waals surface area (Å²) in [6.07, 6.45) is 5.02. The molecule has 110 valence electrons. The van der Waals surface area contributed by atoms with Crippen molar-refractivity contribution in [3.63, 3.8) is 0 Å². The van der Waals surface area contributed by atoms with E-state index in [2.05, 4.69) is 61.0 Å². The van der Waals surface area contributed by atoms with E-state index in [1.54, 1.807) is 6.26 Å². The molecular formula is C15H27BrN2O. The molecule has 4 heteroatoms. The third-order valence-corrected chi connectivity index (χ3v) is 4.81. The number of furan rings is 1. The molecule has 19 heavy (non-hydrogen) atoms. The van der Waals surface area contributed by atoms with Crippen molar-refractivity contribution in [1.29, 1.82) is 0 Å². The summed E-state index contributed by atoms with van der Waals surface area (Å²) >= 11 is 3.61. The SMILES string of the molecule is CCCNC(c1occc1Br)C(CC)(CC)N(C)C.